The molecule has 0 aliphatic heterocycles. The summed E-state index contributed by atoms with van der Waals surface area (Å²) >= 11 is 2.96. The molecule has 0 N–H and O–H groups in total. The average molecular weight is 411 g/mol. The second-order valence-electron chi connectivity index (χ2n) is 6.77. The third-order valence-corrected chi connectivity index (χ3v) is 6.56. The molecule has 0 aliphatic carbocycles. The second-order valence-corrected chi connectivity index (χ2v) is 8.62. The topological polar surface area (TPSA) is 34.9 Å². The van der Waals surface area contributed by atoms with Crippen molar-refractivity contribution in [2.45, 2.75) is 31.3 Å². The molecule has 2 aromatic carbocycles. The highest BCUT2D eigenvalue weighted by Gasteiger charge is 2.14. The number of thioether (sulfide) groups is 1. The minimum absolute atomic E-state index is 0.0483. The molecule has 0 bridgehead atoms. The molecule has 4 rings (SSSR count). The lowest BCUT2D eigenvalue weighted by Gasteiger charge is -2.13. The van der Waals surface area contributed by atoms with Crippen molar-refractivity contribution in [1.82, 2.24) is 9.55 Å². The lowest BCUT2D eigenvalue weighted by molar-refractivity contribution is 0.623. The van der Waals surface area contributed by atoms with E-state index in [0.29, 0.717) is 16.4 Å². The molecule has 0 spiro atoms. The Labute approximate surface area is 170 Å². The molecule has 0 saturated heterocycles. The van der Waals surface area contributed by atoms with E-state index in [9.17, 15) is 9.18 Å². The molecule has 28 heavy (non-hydrogen) atoms. The van der Waals surface area contributed by atoms with Gasteiger partial charge in [0.1, 0.15) is 10.5 Å². The summed E-state index contributed by atoms with van der Waals surface area (Å²) in [4.78, 5) is 17.8. The van der Waals surface area contributed by atoms with Gasteiger partial charge >= 0.3 is 0 Å². The first kappa shape index (κ1) is 18.9. The van der Waals surface area contributed by atoms with Gasteiger partial charge in [0, 0.05) is 5.75 Å². The van der Waals surface area contributed by atoms with Crippen LogP contribution in [0, 0.1) is 19.7 Å². The molecule has 0 amide bonds. The van der Waals surface area contributed by atoms with Crippen molar-refractivity contribution in [3.8, 4) is 0 Å². The number of fused-ring (bicyclic) bond motifs is 1. The number of hydrogen-bond acceptors (Lipinski definition) is 4. The van der Waals surface area contributed by atoms with Crippen LogP contribution in [0.5, 0.6) is 0 Å². The average Bonchev–Trinajstić information content (AvgIpc) is 3.15. The number of aryl methyl sites for hydroxylation is 2. The van der Waals surface area contributed by atoms with Crippen LogP contribution >= 0.6 is 23.1 Å². The molecule has 142 valence electrons. The van der Waals surface area contributed by atoms with Crippen LogP contribution in [-0.2, 0) is 12.3 Å². The van der Waals surface area contributed by atoms with Crippen molar-refractivity contribution in [3.63, 3.8) is 0 Å². The summed E-state index contributed by atoms with van der Waals surface area (Å²) in [5.74, 6) is 0.450. The van der Waals surface area contributed by atoms with Crippen LogP contribution in [0.2, 0.25) is 0 Å². The normalized spacial score (nSPS) is 11.2. The Kier molecular flexibility index (Phi) is 5.33. The summed E-state index contributed by atoms with van der Waals surface area (Å²) in [6.45, 7) is 4.54. The first-order valence-corrected chi connectivity index (χ1v) is 10.8. The maximum atomic E-state index is 13.2. The Hall–Kier alpha value is -2.44. The van der Waals surface area contributed by atoms with Crippen LogP contribution in [0.15, 0.2) is 63.9 Å². The fraction of sp³-hybridized carbons (Fsp3) is 0.182. The molecule has 0 atom stereocenters. The van der Waals surface area contributed by atoms with Crippen LogP contribution < -0.4 is 5.56 Å². The molecular weight excluding hydrogens is 391 g/mol. The monoisotopic (exact) mass is 410 g/mol. The second kappa shape index (κ2) is 7.89. The quantitative estimate of drug-likeness (QED) is 0.319. The van der Waals surface area contributed by atoms with Crippen molar-refractivity contribution >= 4 is 33.3 Å². The van der Waals surface area contributed by atoms with Gasteiger partial charge < -0.3 is 0 Å². The van der Waals surface area contributed by atoms with Crippen LogP contribution in [-0.4, -0.2) is 9.55 Å². The summed E-state index contributed by atoms with van der Waals surface area (Å²) in [6, 6.07) is 14.5. The number of hydrogen-bond donors (Lipinski definition) is 0. The third kappa shape index (κ3) is 3.88. The molecule has 6 heteroatoms. The summed E-state index contributed by atoms with van der Waals surface area (Å²) in [7, 11) is 0. The molecule has 3 nitrogen and oxygen atoms in total. The Bertz CT molecular complexity index is 1200. The summed E-state index contributed by atoms with van der Waals surface area (Å²) in [6.07, 6.45) is 0. The third-order valence-electron chi connectivity index (χ3n) is 4.65. The number of halogens is 1. The SMILES string of the molecule is Cc1ccc(C)c(CSc2nc3ccsc3c(=O)n2Cc2ccc(F)cc2)c1. The van der Waals surface area contributed by atoms with E-state index in [1.165, 1.54) is 40.2 Å². The lowest BCUT2D eigenvalue weighted by atomic mass is 10.1. The number of aromatic nitrogens is 2. The highest BCUT2D eigenvalue weighted by atomic mass is 32.2. The Morgan fingerprint density at radius 2 is 1.89 bits per heavy atom. The summed E-state index contributed by atoms with van der Waals surface area (Å²) < 4.78 is 15.6. The molecule has 4 aromatic rings. The Balaban J connectivity index is 1.72. The molecule has 0 unspecified atom stereocenters. The number of thiophene rings is 1. The van der Waals surface area contributed by atoms with Crippen LogP contribution in [0.3, 0.4) is 0 Å². The van der Waals surface area contributed by atoms with E-state index in [1.807, 2.05) is 11.4 Å². The first-order chi connectivity index (χ1) is 13.5. The van der Waals surface area contributed by atoms with E-state index < -0.39 is 0 Å². The zero-order chi connectivity index (χ0) is 19.7. The maximum Gasteiger partial charge on any atom is 0.272 e. The number of nitrogens with zero attached hydrogens (tertiary/aromatic N) is 2. The van der Waals surface area contributed by atoms with E-state index >= 15 is 0 Å². The van der Waals surface area contributed by atoms with Crippen LogP contribution in [0.1, 0.15) is 22.3 Å². The van der Waals surface area contributed by atoms with E-state index in [1.54, 1.807) is 28.5 Å². The smallest absolute Gasteiger partial charge is 0.272 e. The number of rotatable bonds is 5. The van der Waals surface area contributed by atoms with Gasteiger partial charge in [0.05, 0.1) is 12.1 Å². The molecular formula is C22H19FN2OS2. The van der Waals surface area contributed by atoms with Gasteiger partial charge in [-0.25, -0.2) is 9.37 Å². The van der Waals surface area contributed by atoms with Crippen molar-refractivity contribution in [2.75, 3.05) is 0 Å². The van der Waals surface area contributed by atoms with Gasteiger partial charge in [-0.1, -0.05) is 47.7 Å². The lowest BCUT2D eigenvalue weighted by Crippen LogP contribution is -2.23. The molecule has 0 fully saturated rings. The van der Waals surface area contributed by atoms with E-state index in [0.717, 1.165) is 16.8 Å². The predicted octanol–water partition coefficient (Wildman–Crippen LogP) is 5.55. The molecule has 2 heterocycles. The Morgan fingerprint density at radius 3 is 2.68 bits per heavy atom. The van der Waals surface area contributed by atoms with Gasteiger partial charge in [-0.2, -0.15) is 0 Å². The zero-order valence-electron chi connectivity index (χ0n) is 15.6. The highest BCUT2D eigenvalue weighted by molar-refractivity contribution is 7.98. The summed E-state index contributed by atoms with van der Waals surface area (Å²) in [5, 5.41) is 2.57. The number of benzene rings is 2. The predicted molar refractivity (Wildman–Crippen MR) is 115 cm³/mol. The van der Waals surface area contributed by atoms with Gasteiger partial charge in [-0.3, -0.25) is 9.36 Å². The van der Waals surface area contributed by atoms with Crippen molar-refractivity contribution in [3.05, 3.63) is 92.3 Å². The minimum atomic E-state index is -0.285. The van der Waals surface area contributed by atoms with Gasteiger partial charge in [-0.15, -0.1) is 11.3 Å². The molecule has 2 aromatic heterocycles. The maximum absolute atomic E-state index is 13.2. The fourth-order valence-electron chi connectivity index (χ4n) is 3.04. The summed E-state index contributed by atoms with van der Waals surface area (Å²) in [5.41, 5.74) is 5.22. The van der Waals surface area contributed by atoms with E-state index in [-0.39, 0.29) is 11.4 Å². The van der Waals surface area contributed by atoms with Gasteiger partial charge in [0.25, 0.3) is 5.56 Å². The van der Waals surface area contributed by atoms with Crippen LogP contribution in [0.4, 0.5) is 4.39 Å². The minimum Gasteiger partial charge on any atom is -0.282 e. The first-order valence-electron chi connectivity index (χ1n) is 8.92. The molecule has 0 radical (unpaired) electrons. The van der Waals surface area contributed by atoms with Crippen molar-refractivity contribution in [2.24, 2.45) is 0 Å². The standard InChI is InChI=1S/C22H19FN2OS2/c1-14-3-4-15(2)17(11-14)13-28-22-24-19-9-10-27-20(19)21(26)25(22)12-16-5-7-18(23)8-6-16/h3-11H,12-13H2,1-2H3. The van der Waals surface area contributed by atoms with Crippen molar-refractivity contribution in [1.29, 1.82) is 0 Å². The molecule has 0 saturated carbocycles. The van der Waals surface area contributed by atoms with E-state index in [2.05, 4.69) is 32.0 Å². The van der Waals surface area contributed by atoms with Gasteiger partial charge in [-0.05, 0) is 54.1 Å². The largest absolute Gasteiger partial charge is 0.282 e. The Morgan fingerprint density at radius 1 is 1.11 bits per heavy atom. The highest BCUT2D eigenvalue weighted by Crippen LogP contribution is 2.26. The van der Waals surface area contributed by atoms with Gasteiger partial charge in [0.2, 0.25) is 0 Å². The van der Waals surface area contributed by atoms with Crippen LogP contribution in [0.25, 0.3) is 10.2 Å². The zero-order valence-corrected chi connectivity index (χ0v) is 17.2. The van der Waals surface area contributed by atoms with Gasteiger partial charge in [0.15, 0.2) is 5.16 Å². The fourth-order valence-corrected chi connectivity index (χ4v) is 4.88. The molecule has 0 aliphatic rings. The van der Waals surface area contributed by atoms with Crippen molar-refractivity contribution < 1.29 is 4.39 Å². The van der Waals surface area contributed by atoms with E-state index in [4.69, 9.17) is 4.98 Å².